The number of carbonyl (C=O) groups excluding carboxylic acids is 2. The number of hydrogen-bond donors (Lipinski definition) is 2. The van der Waals surface area contributed by atoms with Gasteiger partial charge in [-0.25, -0.2) is 0 Å². The number of carbonyl (C=O) groups is 2. The van der Waals surface area contributed by atoms with E-state index in [4.69, 9.17) is 4.74 Å². The minimum atomic E-state index is -0.183. The fourth-order valence-electron chi connectivity index (χ4n) is 3.73. The van der Waals surface area contributed by atoms with Gasteiger partial charge in [-0.2, -0.15) is 5.10 Å². The van der Waals surface area contributed by atoms with E-state index in [0.29, 0.717) is 43.3 Å². The Morgan fingerprint density at radius 3 is 2.62 bits per heavy atom. The molecule has 0 bridgehead atoms. The van der Waals surface area contributed by atoms with Gasteiger partial charge in [0, 0.05) is 58.1 Å². The van der Waals surface area contributed by atoms with E-state index in [1.54, 1.807) is 24.0 Å². The van der Waals surface area contributed by atoms with E-state index in [0.717, 1.165) is 24.3 Å². The van der Waals surface area contributed by atoms with E-state index in [1.807, 2.05) is 35.2 Å². The number of aromatic nitrogens is 4. The van der Waals surface area contributed by atoms with Gasteiger partial charge >= 0.3 is 0 Å². The number of aromatic amines is 1. The molecule has 32 heavy (non-hydrogen) atoms. The fraction of sp³-hybridized carbons (Fsp3) is 0.364. The van der Waals surface area contributed by atoms with Crippen LogP contribution in [-0.2, 0) is 7.05 Å². The average molecular weight is 438 g/mol. The average Bonchev–Trinajstić information content (AvgIpc) is 3.46. The Morgan fingerprint density at radius 1 is 1.16 bits per heavy atom. The lowest BCUT2D eigenvalue weighted by Crippen LogP contribution is -2.50. The first kappa shape index (κ1) is 21.6. The van der Waals surface area contributed by atoms with Crippen LogP contribution in [0.1, 0.15) is 20.8 Å². The quantitative estimate of drug-likeness (QED) is 0.571. The third kappa shape index (κ3) is 4.80. The second kappa shape index (κ2) is 9.65. The Hall–Kier alpha value is -3.66. The highest BCUT2D eigenvalue weighted by atomic mass is 16.5. The van der Waals surface area contributed by atoms with Crippen LogP contribution in [0.2, 0.25) is 0 Å². The van der Waals surface area contributed by atoms with E-state index in [-0.39, 0.29) is 11.8 Å². The van der Waals surface area contributed by atoms with Gasteiger partial charge < -0.3 is 15.0 Å². The molecule has 0 saturated carbocycles. The molecular weight excluding hydrogens is 410 g/mol. The van der Waals surface area contributed by atoms with Crippen molar-refractivity contribution in [3.63, 3.8) is 0 Å². The normalized spacial score (nSPS) is 14.4. The molecule has 10 heteroatoms. The Bertz CT molecular complexity index is 1070. The number of piperazine rings is 1. The molecule has 2 amide bonds. The molecule has 10 nitrogen and oxygen atoms in total. The number of methoxy groups -OCH3 is 1. The lowest BCUT2D eigenvalue weighted by atomic mass is 10.1. The van der Waals surface area contributed by atoms with Crippen LogP contribution in [0.3, 0.4) is 0 Å². The molecule has 168 valence electrons. The van der Waals surface area contributed by atoms with Crippen molar-refractivity contribution < 1.29 is 14.3 Å². The van der Waals surface area contributed by atoms with Crippen LogP contribution >= 0.6 is 0 Å². The molecule has 1 aromatic carbocycles. The van der Waals surface area contributed by atoms with Crippen LogP contribution in [0, 0.1) is 0 Å². The van der Waals surface area contributed by atoms with Crippen LogP contribution in [0.5, 0.6) is 5.88 Å². The summed E-state index contributed by atoms with van der Waals surface area (Å²) >= 11 is 0. The summed E-state index contributed by atoms with van der Waals surface area (Å²) in [6.45, 7) is 3.95. The Balaban J connectivity index is 1.22. The molecule has 2 N–H and O–H groups in total. The van der Waals surface area contributed by atoms with Gasteiger partial charge in [-0.05, 0) is 6.07 Å². The maximum atomic E-state index is 12.8. The maximum Gasteiger partial charge on any atom is 0.269 e. The van der Waals surface area contributed by atoms with Crippen molar-refractivity contribution in [2.24, 2.45) is 7.05 Å². The lowest BCUT2D eigenvalue weighted by molar-refractivity contribution is 0.0634. The standard InChI is InChI=1S/C22H27N7O3/c1-27-15-17(21(26-27)32-2)22(31)29-12-10-28(11-13-29)9-8-23-20(30)19-14-18(24-25-19)16-6-4-3-5-7-16/h3-7,14-15H,8-13H2,1-2H3,(H,23,30)(H,24,25). The molecule has 0 aliphatic carbocycles. The predicted molar refractivity (Wildman–Crippen MR) is 118 cm³/mol. The molecule has 4 rings (SSSR count). The molecular formula is C22H27N7O3. The highest BCUT2D eigenvalue weighted by Gasteiger charge is 2.26. The van der Waals surface area contributed by atoms with Gasteiger partial charge in [0.15, 0.2) is 0 Å². The summed E-state index contributed by atoms with van der Waals surface area (Å²) in [5.41, 5.74) is 2.61. The van der Waals surface area contributed by atoms with E-state index in [9.17, 15) is 9.59 Å². The highest BCUT2D eigenvalue weighted by Crippen LogP contribution is 2.18. The topological polar surface area (TPSA) is 108 Å². The van der Waals surface area contributed by atoms with Gasteiger partial charge in [-0.3, -0.25) is 24.3 Å². The number of aryl methyl sites for hydroxylation is 1. The first-order valence-corrected chi connectivity index (χ1v) is 10.5. The van der Waals surface area contributed by atoms with Gasteiger partial charge in [0.1, 0.15) is 11.3 Å². The molecule has 0 unspecified atom stereocenters. The van der Waals surface area contributed by atoms with Crippen molar-refractivity contribution in [3.8, 4) is 17.1 Å². The number of H-pyrrole nitrogens is 1. The third-order valence-electron chi connectivity index (χ3n) is 5.48. The molecule has 1 fully saturated rings. The van der Waals surface area contributed by atoms with Crippen molar-refractivity contribution >= 4 is 11.8 Å². The zero-order valence-corrected chi connectivity index (χ0v) is 18.2. The summed E-state index contributed by atoms with van der Waals surface area (Å²) < 4.78 is 6.78. The number of ether oxygens (including phenoxy) is 1. The van der Waals surface area contributed by atoms with Crippen molar-refractivity contribution in [2.75, 3.05) is 46.4 Å². The first-order chi connectivity index (χ1) is 15.5. The smallest absolute Gasteiger partial charge is 0.269 e. The van der Waals surface area contributed by atoms with Crippen LogP contribution in [0.15, 0.2) is 42.6 Å². The van der Waals surface area contributed by atoms with Crippen molar-refractivity contribution in [3.05, 3.63) is 53.9 Å². The number of rotatable bonds is 7. The zero-order valence-electron chi connectivity index (χ0n) is 18.2. The number of nitrogens with zero attached hydrogens (tertiary/aromatic N) is 5. The van der Waals surface area contributed by atoms with Gasteiger partial charge in [0.25, 0.3) is 11.8 Å². The van der Waals surface area contributed by atoms with Gasteiger partial charge in [0.2, 0.25) is 5.88 Å². The first-order valence-electron chi connectivity index (χ1n) is 10.5. The Morgan fingerprint density at radius 2 is 1.91 bits per heavy atom. The molecule has 1 aliphatic rings. The number of benzene rings is 1. The monoisotopic (exact) mass is 437 g/mol. The van der Waals surface area contributed by atoms with Crippen LogP contribution in [-0.4, -0.2) is 88.0 Å². The molecule has 1 saturated heterocycles. The molecule has 0 spiro atoms. The molecule has 3 aromatic rings. The summed E-state index contributed by atoms with van der Waals surface area (Å²) in [4.78, 5) is 29.2. The predicted octanol–water partition coefficient (Wildman–Crippen LogP) is 1.01. The van der Waals surface area contributed by atoms with Gasteiger partial charge in [0.05, 0.1) is 12.8 Å². The highest BCUT2D eigenvalue weighted by molar-refractivity contribution is 5.96. The van der Waals surface area contributed by atoms with E-state index in [1.165, 1.54) is 7.11 Å². The summed E-state index contributed by atoms with van der Waals surface area (Å²) in [7, 11) is 3.27. The number of nitrogens with one attached hydrogen (secondary N) is 2. The van der Waals surface area contributed by atoms with Crippen LogP contribution in [0.4, 0.5) is 0 Å². The summed E-state index contributed by atoms with van der Waals surface area (Å²) in [5.74, 6) is 0.0883. The van der Waals surface area contributed by atoms with Gasteiger partial charge in [-0.15, -0.1) is 5.10 Å². The van der Waals surface area contributed by atoms with E-state index >= 15 is 0 Å². The van der Waals surface area contributed by atoms with Gasteiger partial charge in [-0.1, -0.05) is 30.3 Å². The van der Waals surface area contributed by atoms with E-state index in [2.05, 4.69) is 25.5 Å². The SMILES string of the molecule is COc1nn(C)cc1C(=O)N1CCN(CCNC(=O)c2cc(-c3ccccc3)n[nH]2)CC1. The fourth-order valence-corrected chi connectivity index (χ4v) is 3.73. The Kier molecular flexibility index (Phi) is 6.50. The third-order valence-corrected chi connectivity index (χ3v) is 5.48. The molecule has 0 atom stereocenters. The summed E-state index contributed by atoms with van der Waals surface area (Å²) in [5, 5.41) is 14.1. The number of amides is 2. The van der Waals surface area contributed by atoms with Crippen LogP contribution in [0.25, 0.3) is 11.3 Å². The maximum absolute atomic E-state index is 12.8. The molecule has 2 aromatic heterocycles. The Labute approximate surface area is 186 Å². The summed E-state index contributed by atoms with van der Waals surface area (Å²) in [6, 6.07) is 11.5. The van der Waals surface area contributed by atoms with Crippen molar-refractivity contribution in [2.45, 2.75) is 0 Å². The summed E-state index contributed by atoms with van der Waals surface area (Å²) in [6.07, 6.45) is 1.68. The van der Waals surface area contributed by atoms with Crippen molar-refractivity contribution in [1.29, 1.82) is 0 Å². The van der Waals surface area contributed by atoms with Crippen molar-refractivity contribution in [1.82, 2.24) is 35.1 Å². The zero-order chi connectivity index (χ0) is 22.5. The lowest BCUT2D eigenvalue weighted by Gasteiger charge is -2.34. The molecule has 0 radical (unpaired) electrons. The second-order valence-electron chi connectivity index (χ2n) is 7.65. The second-order valence-corrected chi connectivity index (χ2v) is 7.65. The molecule has 3 heterocycles. The minimum absolute atomic E-state index is 0.0728. The van der Waals surface area contributed by atoms with E-state index < -0.39 is 0 Å². The number of hydrogen-bond acceptors (Lipinski definition) is 6. The minimum Gasteiger partial charge on any atom is -0.479 e. The molecule has 1 aliphatic heterocycles. The van der Waals surface area contributed by atoms with Crippen LogP contribution < -0.4 is 10.1 Å². The largest absolute Gasteiger partial charge is 0.479 e.